The van der Waals surface area contributed by atoms with Crippen molar-refractivity contribution in [1.82, 2.24) is 0 Å². The zero-order valence-electron chi connectivity index (χ0n) is 18.9. The van der Waals surface area contributed by atoms with Crippen LogP contribution in [0.2, 0.25) is 0 Å². The molecule has 0 amide bonds. The first-order chi connectivity index (χ1) is 16.9. The van der Waals surface area contributed by atoms with E-state index >= 15 is 0 Å². The summed E-state index contributed by atoms with van der Waals surface area (Å²) in [6, 6.07) is 26.0. The maximum atomic E-state index is 12.8. The second kappa shape index (κ2) is 9.50. The van der Waals surface area contributed by atoms with Crippen LogP contribution < -0.4 is 9.47 Å². The van der Waals surface area contributed by atoms with E-state index in [0.717, 1.165) is 21.5 Å². The molecule has 6 nitrogen and oxygen atoms in total. The molecule has 5 rings (SSSR count). The number of ether oxygens (including phenoxy) is 2. The van der Waals surface area contributed by atoms with Gasteiger partial charge >= 0.3 is 11.9 Å². The van der Waals surface area contributed by atoms with Crippen LogP contribution in [0.25, 0.3) is 21.5 Å². The van der Waals surface area contributed by atoms with Crippen molar-refractivity contribution in [3.05, 3.63) is 84.9 Å². The van der Waals surface area contributed by atoms with Crippen LogP contribution in [0.5, 0.6) is 11.5 Å². The van der Waals surface area contributed by atoms with Gasteiger partial charge in [0.05, 0.1) is 24.3 Å². The second-order valence-electron chi connectivity index (χ2n) is 8.91. The van der Waals surface area contributed by atoms with Gasteiger partial charge in [-0.3, -0.25) is 9.59 Å². The lowest BCUT2D eigenvalue weighted by Crippen LogP contribution is -2.23. The SMILES string of the molecule is O=C(C[C@@H]1CS(=O)(=O)C[C@H]1CC(=O)Oc1cccc2ccccc12)Oc1cccc2ccccc12. The molecule has 0 saturated carbocycles. The van der Waals surface area contributed by atoms with E-state index in [1.807, 2.05) is 60.7 Å². The highest BCUT2D eigenvalue weighted by atomic mass is 32.2. The van der Waals surface area contributed by atoms with E-state index in [9.17, 15) is 18.0 Å². The number of esters is 2. The molecule has 2 atom stereocenters. The van der Waals surface area contributed by atoms with Crippen molar-refractivity contribution in [2.75, 3.05) is 11.5 Å². The van der Waals surface area contributed by atoms with Crippen molar-refractivity contribution >= 4 is 43.3 Å². The molecule has 0 spiro atoms. The van der Waals surface area contributed by atoms with E-state index in [1.165, 1.54) is 0 Å². The fourth-order valence-corrected chi connectivity index (χ4v) is 6.99. The number of hydrogen-bond acceptors (Lipinski definition) is 6. The summed E-state index contributed by atoms with van der Waals surface area (Å²) in [5.74, 6) is -1.49. The lowest BCUT2D eigenvalue weighted by atomic mass is 9.90. The van der Waals surface area contributed by atoms with Gasteiger partial charge in [-0.1, -0.05) is 72.8 Å². The van der Waals surface area contributed by atoms with Crippen molar-refractivity contribution in [3.63, 3.8) is 0 Å². The molecule has 1 heterocycles. The first kappa shape index (κ1) is 23.1. The summed E-state index contributed by atoms with van der Waals surface area (Å²) < 4.78 is 36.0. The third-order valence-corrected chi connectivity index (χ3v) is 8.28. The molecule has 4 aromatic carbocycles. The predicted molar refractivity (Wildman–Crippen MR) is 134 cm³/mol. The minimum atomic E-state index is -3.37. The van der Waals surface area contributed by atoms with Crippen LogP contribution in [0, 0.1) is 11.8 Å². The largest absolute Gasteiger partial charge is 0.426 e. The number of rotatable bonds is 6. The Labute approximate surface area is 203 Å². The van der Waals surface area contributed by atoms with Gasteiger partial charge in [0.1, 0.15) is 11.5 Å². The number of sulfone groups is 1. The average molecular weight is 489 g/mol. The number of carbonyl (C=O) groups excluding carboxylic acids is 2. The molecule has 1 aliphatic rings. The maximum absolute atomic E-state index is 12.8. The zero-order valence-corrected chi connectivity index (χ0v) is 19.7. The van der Waals surface area contributed by atoms with Gasteiger partial charge in [0, 0.05) is 10.8 Å². The van der Waals surface area contributed by atoms with E-state index in [-0.39, 0.29) is 24.3 Å². The molecule has 7 heteroatoms. The number of hydrogen-bond donors (Lipinski definition) is 0. The zero-order chi connectivity index (χ0) is 24.4. The van der Waals surface area contributed by atoms with Gasteiger partial charge in [0.2, 0.25) is 0 Å². The minimum absolute atomic E-state index is 0.0886. The van der Waals surface area contributed by atoms with E-state index in [4.69, 9.17) is 9.47 Å². The highest BCUT2D eigenvalue weighted by Crippen LogP contribution is 2.33. The van der Waals surface area contributed by atoms with Crippen LogP contribution in [-0.4, -0.2) is 31.9 Å². The average Bonchev–Trinajstić information content (AvgIpc) is 3.11. The Kier molecular flexibility index (Phi) is 6.26. The predicted octanol–water partition coefficient (Wildman–Crippen LogP) is 4.95. The monoisotopic (exact) mass is 488 g/mol. The van der Waals surface area contributed by atoms with Gasteiger partial charge < -0.3 is 9.47 Å². The summed E-state index contributed by atoms with van der Waals surface area (Å²) in [7, 11) is -3.37. The molecule has 35 heavy (non-hydrogen) atoms. The first-order valence-corrected chi connectivity index (χ1v) is 13.3. The van der Waals surface area contributed by atoms with Crippen molar-refractivity contribution < 1.29 is 27.5 Å². The van der Waals surface area contributed by atoms with Gasteiger partial charge in [0.15, 0.2) is 9.84 Å². The molecule has 178 valence electrons. The van der Waals surface area contributed by atoms with E-state index in [1.54, 1.807) is 24.3 Å². The van der Waals surface area contributed by atoms with Gasteiger partial charge in [-0.2, -0.15) is 0 Å². The summed E-state index contributed by atoms with van der Waals surface area (Å²) in [6.45, 7) is 0. The third kappa shape index (κ3) is 5.20. The van der Waals surface area contributed by atoms with Gasteiger partial charge in [0.25, 0.3) is 0 Å². The molecule has 1 aliphatic heterocycles. The topological polar surface area (TPSA) is 86.7 Å². The molecule has 0 radical (unpaired) electrons. The fraction of sp³-hybridized carbons (Fsp3) is 0.214. The fourth-order valence-electron chi connectivity index (χ4n) is 4.77. The van der Waals surface area contributed by atoms with Crippen LogP contribution in [0.3, 0.4) is 0 Å². The van der Waals surface area contributed by atoms with Crippen LogP contribution in [-0.2, 0) is 19.4 Å². The lowest BCUT2D eigenvalue weighted by Gasteiger charge is -2.17. The Hall–Kier alpha value is -3.71. The van der Waals surface area contributed by atoms with Crippen molar-refractivity contribution in [2.45, 2.75) is 12.8 Å². The number of benzene rings is 4. The molecule has 1 saturated heterocycles. The number of carbonyl (C=O) groups is 2. The van der Waals surface area contributed by atoms with E-state index in [2.05, 4.69) is 0 Å². The Morgan fingerprint density at radius 1 is 0.629 bits per heavy atom. The first-order valence-electron chi connectivity index (χ1n) is 11.5. The third-order valence-electron chi connectivity index (χ3n) is 6.41. The van der Waals surface area contributed by atoms with Crippen LogP contribution in [0.1, 0.15) is 12.8 Å². The summed E-state index contributed by atoms with van der Waals surface area (Å²) >= 11 is 0. The Morgan fingerprint density at radius 3 is 1.49 bits per heavy atom. The number of fused-ring (bicyclic) bond motifs is 2. The normalized spacial score (nSPS) is 19.0. The van der Waals surface area contributed by atoms with Crippen LogP contribution in [0.4, 0.5) is 0 Å². The quantitative estimate of drug-likeness (QED) is 0.282. The molecule has 0 aliphatic carbocycles. The lowest BCUT2D eigenvalue weighted by molar-refractivity contribution is -0.138. The van der Waals surface area contributed by atoms with Gasteiger partial charge in [-0.05, 0) is 34.7 Å². The molecule has 0 aromatic heterocycles. The highest BCUT2D eigenvalue weighted by Gasteiger charge is 2.40. The molecule has 0 unspecified atom stereocenters. The molecule has 0 bridgehead atoms. The Balaban J connectivity index is 1.28. The minimum Gasteiger partial charge on any atom is -0.426 e. The maximum Gasteiger partial charge on any atom is 0.311 e. The van der Waals surface area contributed by atoms with Crippen LogP contribution >= 0.6 is 0 Å². The Morgan fingerprint density at radius 2 is 1.03 bits per heavy atom. The van der Waals surface area contributed by atoms with Gasteiger partial charge in [-0.15, -0.1) is 0 Å². The highest BCUT2D eigenvalue weighted by molar-refractivity contribution is 7.91. The summed E-state index contributed by atoms with van der Waals surface area (Å²) in [5.41, 5.74) is 0. The van der Waals surface area contributed by atoms with E-state index in [0.29, 0.717) is 11.5 Å². The van der Waals surface area contributed by atoms with Gasteiger partial charge in [-0.25, -0.2) is 8.42 Å². The molecule has 4 aromatic rings. The smallest absolute Gasteiger partial charge is 0.311 e. The van der Waals surface area contributed by atoms with Crippen molar-refractivity contribution in [3.8, 4) is 11.5 Å². The molecule has 1 fully saturated rings. The second-order valence-corrected chi connectivity index (χ2v) is 11.1. The molecule has 0 N–H and O–H groups in total. The van der Waals surface area contributed by atoms with Crippen LogP contribution in [0.15, 0.2) is 84.9 Å². The summed E-state index contributed by atoms with van der Waals surface area (Å²) in [5, 5.41) is 3.49. The van der Waals surface area contributed by atoms with E-state index < -0.39 is 33.6 Å². The summed E-state index contributed by atoms with van der Waals surface area (Å²) in [6.07, 6.45) is -0.177. The van der Waals surface area contributed by atoms with Crippen molar-refractivity contribution in [1.29, 1.82) is 0 Å². The molecular weight excluding hydrogens is 464 g/mol. The van der Waals surface area contributed by atoms with Crippen molar-refractivity contribution in [2.24, 2.45) is 11.8 Å². The standard InChI is InChI=1S/C28H24O6S/c29-27(33-25-13-5-9-19-7-1-3-11-23(19)25)15-21-17-35(31,32)18-22(21)16-28(30)34-26-14-6-10-20-8-2-4-12-24(20)26/h1-14,21-22H,15-18H2/t21-,22-/m1/s1. The molecular formula is C28H24O6S. The Bertz CT molecular complexity index is 1410. The summed E-state index contributed by atoms with van der Waals surface area (Å²) in [4.78, 5) is 25.5.